The van der Waals surface area contributed by atoms with E-state index in [1.807, 2.05) is 13.1 Å². The zero-order valence-corrected chi connectivity index (χ0v) is 23.1. The molecule has 0 radical (unpaired) electrons. The molecular weight excluding hydrogens is 472 g/mol. The average Bonchev–Trinajstić information content (AvgIpc) is 3.29. The molecule has 1 saturated heterocycles. The Hall–Kier alpha value is -2.21. The summed E-state index contributed by atoms with van der Waals surface area (Å²) in [4.78, 5) is 11.6. The van der Waals surface area contributed by atoms with E-state index in [0.29, 0.717) is 11.1 Å². The number of hydrogen-bond acceptors (Lipinski definition) is 4. The third kappa shape index (κ3) is 7.16. The molecule has 0 unspecified atom stereocenters. The van der Waals surface area contributed by atoms with Crippen molar-refractivity contribution in [3.05, 3.63) is 69.5 Å². The van der Waals surface area contributed by atoms with E-state index in [0.717, 1.165) is 67.1 Å². The first kappa shape index (κ1) is 27.4. The van der Waals surface area contributed by atoms with Crippen molar-refractivity contribution in [2.45, 2.75) is 70.7 Å². The molecule has 188 valence electrons. The Bertz CT molecular complexity index is 1100. The molecule has 0 spiro atoms. The van der Waals surface area contributed by atoms with Gasteiger partial charge in [-0.2, -0.15) is 0 Å². The third-order valence-corrected chi connectivity index (χ3v) is 7.88. The van der Waals surface area contributed by atoms with E-state index < -0.39 is 0 Å². The van der Waals surface area contributed by atoms with Crippen LogP contribution in [-0.2, 0) is 12.8 Å². The van der Waals surface area contributed by atoms with E-state index in [1.165, 1.54) is 21.7 Å². The van der Waals surface area contributed by atoms with E-state index in [4.69, 9.17) is 17.3 Å². The number of aromatic amines is 1. The molecule has 1 aliphatic heterocycles. The fraction of sp³-hybridized carbons (Fsp3) is 0.414. The number of rotatable bonds is 10. The van der Waals surface area contributed by atoms with E-state index in [-0.39, 0.29) is 0 Å². The number of nitrogens with two attached hydrogens (primary N) is 1. The van der Waals surface area contributed by atoms with Crippen molar-refractivity contribution in [1.82, 2.24) is 4.98 Å². The van der Waals surface area contributed by atoms with Crippen LogP contribution in [0.5, 0.6) is 0 Å². The van der Waals surface area contributed by atoms with E-state index in [1.54, 1.807) is 18.0 Å². The molecule has 35 heavy (non-hydrogen) atoms. The Morgan fingerprint density at radius 3 is 2.66 bits per heavy atom. The number of benzene rings is 1. The second-order valence-electron chi connectivity index (χ2n) is 8.96. The third-order valence-electron chi connectivity index (χ3n) is 6.54. The van der Waals surface area contributed by atoms with Gasteiger partial charge in [-0.05, 0) is 80.0 Å². The van der Waals surface area contributed by atoms with Crippen molar-refractivity contribution < 1.29 is 0 Å². The average molecular weight is 511 g/mol. The summed E-state index contributed by atoms with van der Waals surface area (Å²) in [6.07, 6.45) is 13.1. The van der Waals surface area contributed by atoms with Gasteiger partial charge in [0.05, 0.1) is 10.1 Å². The number of thioether (sulfide) groups is 1. The number of halogens is 1. The standard InChI is InChI=1S/C29H39ClN4S/c1-6-9-10-28-25(8-3)26(18-33-28)20(4)27(30)19-32-21(5)35-29-12-11-24(17-22(29)7-2)34-15-13-23(31)14-16-34/h9-12,17-19,23,33H,5-8,13-16,31H2,1-4H3/b10-9-,27-20-,32-19-. The van der Waals surface area contributed by atoms with Gasteiger partial charge in [-0.1, -0.05) is 56.8 Å². The monoisotopic (exact) mass is 510 g/mol. The topological polar surface area (TPSA) is 57.4 Å². The highest BCUT2D eigenvalue weighted by atomic mass is 35.5. The number of aryl methyl sites for hydroxylation is 1. The van der Waals surface area contributed by atoms with Gasteiger partial charge in [-0.15, -0.1) is 0 Å². The lowest BCUT2D eigenvalue weighted by atomic mass is 10.0. The molecule has 0 bridgehead atoms. The lowest BCUT2D eigenvalue weighted by Gasteiger charge is -2.32. The number of piperidine rings is 1. The van der Waals surface area contributed by atoms with Gasteiger partial charge in [0, 0.05) is 53.4 Å². The van der Waals surface area contributed by atoms with Crippen molar-refractivity contribution in [3.63, 3.8) is 0 Å². The van der Waals surface area contributed by atoms with Crippen LogP contribution in [0, 0.1) is 0 Å². The van der Waals surface area contributed by atoms with Gasteiger partial charge in [-0.3, -0.25) is 0 Å². The molecule has 1 aromatic heterocycles. The van der Waals surface area contributed by atoms with Crippen LogP contribution >= 0.6 is 23.4 Å². The van der Waals surface area contributed by atoms with Crippen molar-refractivity contribution in [1.29, 1.82) is 0 Å². The van der Waals surface area contributed by atoms with Crippen LogP contribution in [0.3, 0.4) is 0 Å². The number of aromatic nitrogens is 1. The molecule has 2 aromatic rings. The molecule has 3 rings (SSSR count). The second-order valence-corrected chi connectivity index (χ2v) is 10.5. The second kappa shape index (κ2) is 13.2. The van der Waals surface area contributed by atoms with Crippen LogP contribution < -0.4 is 10.6 Å². The Labute approximate surface area is 220 Å². The van der Waals surface area contributed by atoms with Crippen LogP contribution in [0.15, 0.2) is 57.0 Å². The smallest absolute Gasteiger partial charge is 0.0936 e. The zero-order valence-electron chi connectivity index (χ0n) is 21.5. The number of hydrogen-bond donors (Lipinski definition) is 2. The molecule has 0 aliphatic carbocycles. The minimum Gasteiger partial charge on any atom is -0.371 e. The summed E-state index contributed by atoms with van der Waals surface area (Å²) in [6.45, 7) is 14.7. The quantitative estimate of drug-likeness (QED) is 0.253. The number of allylic oxidation sites excluding steroid dienone is 3. The summed E-state index contributed by atoms with van der Waals surface area (Å²) >= 11 is 8.26. The van der Waals surface area contributed by atoms with Crippen molar-refractivity contribution in [2.24, 2.45) is 10.7 Å². The first-order valence-electron chi connectivity index (χ1n) is 12.7. The van der Waals surface area contributed by atoms with Crippen molar-refractivity contribution in [3.8, 4) is 0 Å². The minimum atomic E-state index is 0.336. The molecule has 6 heteroatoms. The molecule has 2 heterocycles. The lowest BCUT2D eigenvalue weighted by molar-refractivity contribution is 0.501. The van der Waals surface area contributed by atoms with Crippen LogP contribution in [0.2, 0.25) is 0 Å². The van der Waals surface area contributed by atoms with E-state index >= 15 is 0 Å². The van der Waals surface area contributed by atoms with Crippen LogP contribution in [-0.4, -0.2) is 30.3 Å². The predicted molar refractivity (Wildman–Crippen MR) is 157 cm³/mol. The van der Waals surface area contributed by atoms with E-state index in [9.17, 15) is 0 Å². The molecule has 1 aromatic carbocycles. The fourth-order valence-electron chi connectivity index (χ4n) is 4.37. The van der Waals surface area contributed by atoms with Crippen molar-refractivity contribution >= 4 is 46.9 Å². The Balaban J connectivity index is 1.71. The highest BCUT2D eigenvalue weighted by Gasteiger charge is 2.17. The van der Waals surface area contributed by atoms with Crippen molar-refractivity contribution in [2.75, 3.05) is 18.0 Å². The van der Waals surface area contributed by atoms with Gasteiger partial charge < -0.3 is 15.6 Å². The van der Waals surface area contributed by atoms with Gasteiger partial charge in [0.15, 0.2) is 0 Å². The highest BCUT2D eigenvalue weighted by molar-refractivity contribution is 8.03. The summed E-state index contributed by atoms with van der Waals surface area (Å²) in [5, 5.41) is 1.35. The van der Waals surface area contributed by atoms with Gasteiger partial charge in [-0.25, -0.2) is 4.99 Å². The molecule has 4 nitrogen and oxygen atoms in total. The predicted octanol–water partition coefficient (Wildman–Crippen LogP) is 7.79. The summed E-state index contributed by atoms with van der Waals surface area (Å²) in [7, 11) is 0. The number of aliphatic imine (C=N–C) groups is 1. The lowest BCUT2D eigenvalue weighted by Crippen LogP contribution is -2.39. The van der Waals surface area contributed by atoms with Crippen LogP contribution in [0.25, 0.3) is 11.6 Å². The van der Waals surface area contributed by atoms with Gasteiger partial charge >= 0.3 is 0 Å². The number of H-pyrrole nitrogens is 1. The molecule has 0 atom stereocenters. The zero-order chi connectivity index (χ0) is 25.4. The maximum atomic E-state index is 6.66. The molecule has 1 aliphatic rings. The van der Waals surface area contributed by atoms with Crippen LogP contribution in [0.1, 0.15) is 69.3 Å². The van der Waals surface area contributed by atoms with Gasteiger partial charge in [0.25, 0.3) is 0 Å². The van der Waals surface area contributed by atoms with Gasteiger partial charge in [0.2, 0.25) is 0 Å². The normalized spacial score (nSPS) is 15.9. The first-order chi connectivity index (χ1) is 16.9. The summed E-state index contributed by atoms with van der Waals surface area (Å²) < 4.78 is 0. The maximum Gasteiger partial charge on any atom is 0.0936 e. The maximum absolute atomic E-state index is 6.66. The SMILES string of the molecule is C=C(/N=C\C(Cl)=C(/C)c1c[nH]c(/C=C\CC)c1CC)Sc1ccc(N2CCC(N)CC2)cc1CC. The van der Waals surface area contributed by atoms with Gasteiger partial charge in [0.1, 0.15) is 0 Å². The van der Waals surface area contributed by atoms with E-state index in [2.05, 4.69) is 72.6 Å². The molecule has 0 amide bonds. The molecule has 1 fully saturated rings. The number of nitrogens with zero attached hydrogens (tertiary/aromatic N) is 2. The highest BCUT2D eigenvalue weighted by Crippen LogP contribution is 2.34. The first-order valence-corrected chi connectivity index (χ1v) is 13.8. The largest absolute Gasteiger partial charge is 0.371 e. The fourth-order valence-corrected chi connectivity index (χ4v) is 5.35. The van der Waals surface area contributed by atoms with Crippen LogP contribution in [0.4, 0.5) is 5.69 Å². The molecular formula is C29H39ClN4S. The minimum absolute atomic E-state index is 0.336. The molecule has 0 saturated carbocycles. The Morgan fingerprint density at radius 1 is 1.26 bits per heavy atom. The molecule has 3 N–H and O–H groups in total. The Morgan fingerprint density at radius 2 is 2.00 bits per heavy atom. The summed E-state index contributed by atoms with van der Waals surface area (Å²) in [5.41, 5.74) is 13.2. The number of nitrogens with one attached hydrogen (secondary N) is 1. The summed E-state index contributed by atoms with van der Waals surface area (Å²) in [5.74, 6) is 0. The summed E-state index contributed by atoms with van der Waals surface area (Å²) in [6, 6.07) is 7.03. The number of anilines is 1. The Kier molecular flexibility index (Phi) is 10.3.